The Kier molecular flexibility index (Phi) is 3.62. The molecule has 0 unspecified atom stereocenters. The number of carbonyl (C=O) groups is 2. The highest BCUT2D eigenvalue weighted by Crippen LogP contribution is 2.23. The first-order valence-electron chi connectivity index (χ1n) is 5.71. The van der Waals surface area contributed by atoms with E-state index in [2.05, 4.69) is 10.6 Å². The van der Waals surface area contributed by atoms with Crippen molar-refractivity contribution in [2.45, 2.75) is 0 Å². The maximum Gasteiger partial charge on any atom is 0.321 e. The molecule has 2 N–H and O–H groups in total. The van der Waals surface area contributed by atoms with E-state index < -0.39 is 0 Å². The minimum Gasteiger partial charge on any atom is -0.379 e. The molecular formula is C13H15N3O2. The van der Waals surface area contributed by atoms with Crippen LogP contribution in [0.4, 0.5) is 10.5 Å². The molecule has 0 aliphatic carbocycles. The molecule has 5 nitrogen and oxygen atoms in total. The third-order valence-corrected chi connectivity index (χ3v) is 2.81. The molecule has 1 aromatic carbocycles. The first-order valence-corrected chi connectivity index (χ1v) is 5.71. The number of para-hydroxylation sites is 1. The number of anilines is 1. The lowest BCUT2D eigenvalue weighted by Gasteiger charge is -2.25. The second kappa shape index (κ2) is 5.35. The van der Waals surface area contributed by atoms with E-state index in [4.69, 9.17) is 0 Å². The summed E-state index contributed by atoms with van der Waals surface area (Å²) in [5.74, 6) is 0. The molecule has 1 heterocycles. The predicted octanol–water partition coefficient (Wildman–Crippen LogP) is 1.29. The average Bonchev–Trinajstić information content (AvgIpc) is 2.43. The number of amides is 2. The Morgan fingerprint density at radius 3 is 3.06 bits per heavy atom. The van der Waals surface area contributed by atoms with Gasteiger partial charge in [0, 0.05) is 18.4 Å². The van der Waals surface area contributed by atoms with E-state index in [9.17, 15) is 9.59 Å². The van der Waals surface area contributed by atoms with Crippen LogP contribution >= 0.6 is 0 Å². The zero-order chi connectivity index (χ0) is 13.0. The highest BCUT2D eigenvalue weighted by atomic mass is 16.2. The zero-order valence-corrected chi connectivity index (χ0v) is 10.1. The first kappa shape index (κ1) is 12.2. The number of nitrogens with zero attached hydrogens (tertiary/aromatic N) is 1. The van der Waals surface area contributed by atoms with Crippen molar-refractivity contribution in [1.82, 2.24) is 10.2 Å². The van der Waals surface area contributed by atoms with Crippen LogP contribution in [-0.2, 0) is 4.79 Å². The zero-order valence-electron chi connectivity index (χ0n) is 10.1. The fraction of sp³-hybridized carbons (Fsp3) is 0.231. The van der Waals surface area contributed by atoms with Crippen LogP contribution < -0.4 is 10.6 Å². The Bertz CT molecular complexity index is 497. The van der Waals surface area contributed by atoms with Crippen LogP contribution in [0.1, 0.15) is 5.56 Å². The summed E-state index contributed by atoms with van der Waals surface area (Å²) >= 11 is 0. The van der Waals surface area contributed by atoms with Gasteiger partial charge in [0.1, 0.15) is 6.29 Å². The van der Waals surface area contributed by atoms with Gasteiger partial charge in [0.05, 0.1) is 13.1 Å². The van der Waals surface area contributed by atoms with E-state index in [-0.39, 0.29) is 12.6 Å². The number of nitrogens with one attached hydrogen (secondary N) is 2. The number of benzene rings is 1. The van der Waals surface area contributed by atoms with Gasteiger partial charge in [0.15, 0.2) is 0 Å². The van der Waals surface area contributed by atoms with Gasteiger partial charge in [-0.2, -0.15) is 0 Å². The average molecular weight is 245 g/mol. The highest BCUT2D eigenvalue weighted by molar-refractivity contribution is 5.81. The Hall–Kier alpha value is -2.30. The van der Waals surface area contributed by atoms with Crippen LogP contribution in [-0.4, -0.2) is 37.4 Å². The van der Waals surface area contributed by atoms with Gasteiger partial charge in [-0.1, -0.05) is 18.2 Å². The van der Waals surface area contributed by atoms with E-state index in [1.807, 2.05) is 30.3 Å². The summed E-state index contributed by atoms with van der Waals surface area (Å²) in [6, 6.07) is 7.61. The summed E-state index contributed by atoms with van der Waals surface area (Å²) in [5.41, 5.74) is 2.97. The molecule has 94 valence electrons. The van der Waals surface area contributed by atoms with Gasteiger partial charge in [-0.15, -0.1) is 0 Å². The maximum atomic E-state index is 11.7. The summed E-state index contributed by atoms with van der Waals surface area (Å²) in [5, 5.41) is 5.75. The smallest absolute Gasteiger partial charge is 0.321 e. The normalized spacial score (nSPS) is 12.8. The first-order chi connectivity index (χ1) is 8.72. The van der Waals surface area contributed by atoms with Gasteiger partial charge in [-0.3, -0.25) is 4.90 Å². The van der Waals surface area contributed by atoms with Crippen LogP contribution in [0.15, 0.2) is 30.0 Å². The maximum absolute atomic E-state index is 11.7. The van der Waals surface area contributed by atoms with Gasteiger partial charge in [-0.05, 0) is 17.7 Å². The number of hydrogen-bond acceptors (Lipinski definition) is 3. The van der Waals surface area contributed by atoms with E-state index >= 15 is 0 Å². The molecule has 18 heavy (non-hydrogen) atoms. The van der Waals surface area contributed by atoms with Crippen molar-refractivity contribution < 1.29 is 9.59 Å². The molecule has 0 fully saturated rings. The highest BCUT2D eigenvalue weighted by Gasteiger charge is 2.16. The molecule has 0 bridgehead atoms. The largest absolute Gasteiger partial charge is 0.379 e. The van der Waals surface area contributed by atoms with Crippen molar-refractivity contribution >= 4 is 24.1 Å². The molecule has 0 radical (unpaired) electrons. The summed E-state index contributed by atoms with van der Waals surface area (Å²) < 4.78 is 0. The molecule has 5 heteroatoms. The minimum atomic E-state index is -0.283. The predicted molar refractivity (Wildman–Crippen MR) is 70.1 cm³/mol. The fourth-order valence-electron chi connectivity index (χ4n) is 1.79. The summed E-state index contributed by atoms with van der Waals surface area (Å²) in [6.45, 7) is 0.614. The lowest BCUT2D eigenvalue weighted by molar-refractivity contribution is -0.107. The topological polar surface area (TPSA) is 61.4 Å². The summed E-state index contributed by atoms with van der Waals surface area (Å²) in [4.78, 5) is 23.4. The Labute approximate surface area is 105 Å². The lowest BCUT2D eigenvalue weighted by atomic mass is 10.1. The molecule has 0 saturated carbocycles. The van der Waals surface area contributed by atoms with Gasteiger partial charge < -0.3 is 15.4 Å². The monoisotopic (exact) mass is 245 g/mol. The molecule has 1 aliphatic heterocycles. The SMILES string of the molecule is CN(C(=O)NCC=O)C1=Cc2ccccc2NC1. The van der Waals surface area contributed by atoms with Crippen LogP contribution in [0.5, 0.6) is 0 Å². The van der Waals surface area contributed by atoms with Crippen molar-refractivity contribution in [2.75, 3.05) is 25.5 Å². The molecule has 2 amide bonds. The van der Waals surface area contributed by atoms with Crippen molar-refractivity contribution in [1.29, 1.82) is 0 Å². The molecule has 0 atom stereocenters. The quantitative estimate of drug-likeness (QED) is 0.789. The van der Waals surface area contributed by atoms with Crippen molar-refractivity contribution in [3.8, 4) is 0 Å². The number of carbonyl (C=O) groups excluding carboxylic acids is 2. The van der Waals surface area contributed by atoms with Crippen molar-refractivity contribution in [3.63, 3.8) is 0 Å². The number of rotatable bonds is 3. The summed E-state index contributed by atoms with van der Waals surface area (Å²) in [6.07, 6.45) is 2.63. The van der Waals surface area contributed by atoms with Gasteiger partial charge in [0.25, 0.3) is 0 Å². The number of fused-ring (bicyclic) bond motifs is 1. The van der Waals surface area contributed by atoms with Gasteiger partial charge in [0.2, 0.25) is 0 Å². The third kappa shape index (κ3) is 2.51. The second-order valence-electron chi connectivity index (χ2n) is 3.99. The van der Waals surface area contributed by atoms with E-state index in [1.165, 1.54) is 4.90 Å². The molecule has 1 aromatic rings. The Morgan fingerprint density at radius 1 is 1.50 bits per heavy atom. The molecular weight excluding hydrogens is 230 g/mol. The second-order valence-corrected chi connectivity index (χ2v) is 3.99. The van der Waals surface area contributed by atoms with E-state index in [0.29, 0.717) is 12.8 Å². The fourth-order valence-corrected chi connectivity index (χ4v) is 1.79. The Balaban J connectivity index is 2.13. The molecule has 0 aromatic heterocycles. The van der Waals surface area contributed by atoms with Gasteiger partial charge >= 0.3 is 6.03 Å². The molecule has 0 saturated heterocycles. The van der Waals surface area contributed by atoms with Gasteiger partial charge in [-0.25, -0.2) is 4.79 Å². The Morgan fingerprint density at radius 2 is 2.28 bits per heavy atom. The minimum absolute atomic E-state index is 0.0282. The van der Waals surface area contributed by atoms with Crippen LogP contribution in [0.25, 0.3) is 6.08 Å². The molecule has 1 aliphatic rings. The summed E-state index contributed by atoms with van der Waals surface area (Å²) in [7, 11) is 1.68. The van der Waals surface area contributed by atoms with E-state index in [0.717, 1.165) is 16.9 Å². The number of urea groups is 1. The van der Waals surface area contributed by atoms with Crippen molar-refractivity contribution in [3.05, 3.63) is 35.5 Å². The number of hydrogen-bond donors (Lipinski definition) is 2. The lowest BCUT2D eigenvalue weighted by Crippen LogP contribution is -2.39. The molecule has 0 spiro atoms. The van der Waals surface area contributed by atoms with Crippen molar-refractivity contribution in [2.24, 2.45) is 0 Å². The van der Waals surface area contributed by atoms with E-state index in [1.54, 1.807) is 7.05 Å². The number of aldehydes is 1. The third-order valence-electron chi connectivity index (χ3n) is 2.81. The van der Waals surface area contributed by atoms with Crippen LogP contribution in [0.3, 0.4) is 0 Å². The standard InChI is InChI=1S/C13H15N3O2/c1-16(13(18)14-6-7-17)11-8-10-4-2-3-5-12(10)15-9-11/h2-5,7-8,15H,6,9H2,1H3,(H,14,18). The van der Waals surface area contributed by atoms with Crippen LogP contribution in [0.2, 0.25) is 0 Å². The van der Waals surface area contributed by atoms with Crippen LogP contribution in [0, 0.1) is 0 Å². The number of likely N-dealkylation sites (N-methyl/N-ethyl adjacent to an activating group) is 1. The molecule has 2 rings (SSSR count).